The van der Waals surface area contributed by atoms with E-state index >= 15 is 0 Å². The molecule has 1 aliphatic heterocycles. The molecule has 0 spiro atoms. The summed E-state index contributed by atoms with van der Waals surface area (Å²) in [5.41, 5.74) is 7.47. The van der Waals surface area contributed by atoms with Crippen molar-refractivity contribution in [1.29, 1.82) is 0 Å². The number of carbonyl (C=O) groups excluding carboxylic acids is 1. The van der Waals surface area contributed by atoms with Crippen molar-refractivity contribution < 1.29 is 19.0 Å². The predicted molar refractivity (Wildman–Crippen MR) is 110 cm³/mol. The third-order valence-electron chi connectivity index (χ3n) is 5.76. The average molecular weight is 408 g/mol. The van der Waals surface area contributed by atoms with Crippen LogP contribution in [0.2, 0.25) is 0 Å². The van der Waals surface area contributed by atoms with Gasteiger partial charge in [0.15, 0.2) is 5.75 Å². The number of hydrogen-bond acceptors (Lipinski definition) is 6. The van der Waals surface area contributed by atoms with Crippen LogP contribution in [-0.2, 0) is 4.74 Å². The molecule has 156 valence electrons. The van der Waals surface area contributed by atoms with E-state index in [0.29, 0.717) is 39.9 Å². The molecule has 8 nitrogen and oxygen atoms in total. The van der Waals surface area contributed by atoms with Gasteiger partial charge in [-0.3, -0.25) is 14.5 Å². The topological polar surface area (TPSA) is 101 Å². The summed E-state index contributed by atoms with van der Waals surface area (Å²) in [5.74, 6) is 1.49. The number of pyridine rings is 1. The number of methoxy groups -OCH3 is 1. The number of aromatic nitrogens is 3. The van der Waals surface area contributed by atoms with Crippen LogP contribution in [0.3, 0.4) is 0 Å². The predicted octanol–water partition coefficient (Wildman–Crippen LogP) is 3.56. The highest BCUT2D eigenvalue weighted by molar-refractivity contribution is 6.01. The first-order chi connectivity index (χ1) is 14.6. The summed E-state index contributed by atoms with van der Waals surface area (Å²) in [4.78, 5) is 16.3. The number of nitrogens with zero attached hydrogens (tertiary/aromatic N) is 3. The molecule has 5 rings (SSSR count). The van der Waals surface area contributed by atoms with E-state index in [2.05, 4.69) is 4.98 Å². The maximum absolute atomic E-state index is 11.9. The standard InChI is InChI=1S/C22H24N4O4/c1-28-19-11-17-15(10-16(19)22(23)27)18(4-7-24-17)30-20-12-26(14-2-3-14)25-21(20)13-5-8-29-9-6-13/h4,7,10-14H,2-3,5-6,8-9H2,1H3,(H2,23,27). The number of primary amides is 1. The molecule has 3 aromatic rings. The zero-order valence-corrected chi connectivity index (χ0v) is 16.8. The minimum Gasteiger partial charge on any atom is -0.496 e. The molecule has 2 fully saturated rings. The van der Waals surface area contributed by atoms with Crippen molar-refractivity contribution in [2.24, 2.45) is 5.73 Å². The Morgan fingerprint density at radius 2 is 1.97 bits per heavy atom. The second-order valence-corrected chi connectivity index (χ2v) is 7.82. The number of benzene rings is 1. The summed E-state index contributed by atoms with van der Waals surface area (Å²) >= 11 is 0. The molecule has 1 saturated carbocycles. The highest BCUT2D eigenvalue weighted by Gasteiger charge is 2.30. The third-order valence-corrected chi connectivity index (χ3v) is 5.76. The maximum atomic E-state index is 11.9. The largest absolute Gasteiger partial charge is 0.496 e. The first-order valence-corrected chi connectivity index (χ1v) is 10.2. The van der Waals surface area contributed by atoms with Crippen LogP contribution < -0.4 is 15.2 Å². The normalized spacial score (nSPS) is 17.2. The van der Waals surface area contributed by atoms with E-state index in [1.165, 1.54) is 7.11 Å². The van der Waals surface area contributed by atoms with Crippen molar-refractivity contribution in [2.75, 3.05) is 20.3 Å². The Bertz CT molecular complexity index is 1100. The van der Waals surface area contributed by atoms with Crippen molar-refractivity contribution in [3.63, 3.8) is 0 Å². The van der Waals surface area contributed by atoms with Crippen LogP contribution in [0.25, 0.3) is 10.9 Å². The summed E-state index contributed by atoms with van der Waals surface area (Å²) in [7, 11) is 1.50. The lowest BCUT2D eigenvalue weighted by atomic mass is 9.96. The number of rotatable bonds is 6. The Balaban J connectivity index is 1.57. The van der Waals surface area contributed by atoms with E-state index in [-0.39, 0.29) is 0 Å². The molecule has 0 bridgehead atoms. The molecule has 1 saturated heterocycles. The van der Waals surface area contributed by atoms with Crippen molar-refractivity contribution >= 4 is 16.8 Å². The molecule has 3 heterocycles. The molecule has 1 aliphatic carbocycles. The lowest BCUT2D eigenvalue weighted by Gasteiger charge is -2.21. The van der Waals surface area contributed by atoms with Gasteiger partial charge in [-0.15, -0.1) is 0 Å². The molecule has 1 amide bonds. The Kier molecular flexibility index (Phi) is 4.78. The van der Waals surface area contributed by atoms with Gasteiger partial charge in [-0.1, -0.05) is 0 Å². The molecule has 1 aromatic carbocycles. The molecule has 0 unspecified atom stereocenters. The third kappa shape index (κ3) is 3.47. The van der Waals surface area contributed by atoms with Gasteiger partial charge in [0.2, 0.25) is 0 Å². The second-order valence-electron chi connectivity index (χ2n) is 7.82. The number of carbonyl (C=O) groups is 1. The fourth-order valence-electron chi connectivity index (χ4n) is 3.96. The van der Waals surface area contributed by atoms with Gasteiger partial charge in [0.25, 0.3) is 5.91 Å². The molecule has 8 heteroatoms. The Morgan fingerprint density at radius 1 is 1.17 bits per heavy atom. The molecule has 2 aliphatic rings. The molecular formula is C22H24N4O4. The summed E-state index contributed by atoms with van der Waals surface area (Å²) in [6, 6.07) is 5.64. The lowest BCUT2D eigenvalue weighted by Crippen LogP contribution is -2.15. The monoisotopic (exact) mass is 408 g/mol. The smallest absolute Gasteiger partial charge is 0.252 e. The van der Waals surface area contributed by atoms with Crippen molar-refractivity contribution in [2.45, 2.75) is 37.6 Å². The lowest BCUT2D eigenvalue weighted by molar-refractivity contribution is 0.0839. The van der Waals surface area contributed by atoms with Crippen LogP contribution >= 0.6 is 0 Å². The van der Waals surface area contributed by atoms with Gasteiger partial charge in [-0.25, -0.2) is 0 Å². The summed E-state index contributed by atoms with van der Waals surface area (Å²) in [6.45, 7) is 1.47. The van der Waals surface area contributed by atoms with E-state index in [0.717, 1.165) is 50.3 Å². The van der Waals surface area contributed by atoms with E-state index < -0.39 is 5.91 Å². The molecule has 2 N–H and O–H groups in total. The summed E-state index contributed by atoms with van der Waals surface area (Å²) in [6.07, 6.45) is 7.83. The quantitative estimate of drug-likeness (QED) is 0.669. The minimum atomic E-state index is -0.562. The number of hydrogen-bond donors (Lipinski definition) is 1. The van der Waals surface area contributed by atoms with E-state index in [9.17, 15) is 4.79 Å². The molecule has 2 aromatic heterocycles. The summed E-state index contributed by atoms with van der Waals surface area (Å²) in [5, 5.41) is 5.57. The first-order valence-electron chi connectivity index (χ1n) is 10.2. The highest BCUT2D eigenvalue weighted by atomic mass is 16.5. The van der Waals surface area contributed by atoms with Crippen molar-refractivity contribution in [1.82, 2.24) is 14.8 Å². The maximum Gasteiger partial charge on any atom is 0.252 e. The van der Waals surface area contributed by atoms with E-state index in [1.807, 2.05) is 10.9 Å². The van der Waals surface area contributed by atoms with Crippen LogP contribution in [0.15, 0.2) is 30.6 Å². The Hall–Kier alpha value is -3.13. The number of ether oxygens (including phenoxy) is 3. The fraction of sp³-hybridized carbons (Fsp3) is 0.409. The van der Waals surface area contributed by atoms with Gasteiger partial charge in [0.05, 0.1) is 30.4 Å². The van der Waals surface area contributed by atoms with Crippen LogP contribution in [0.1, 0.15) is 53.7 Å². The second kappa shape index (κ2) is 7.60. The minimum absolute atomic E-state index is 0.293. The van der Waals surface area contributed by atoms with E-state index in [1.54, 1.807) is 24.4 Å². The summed E-state index contributed by atoms with van der Waals surface area (Å²) < 4.78 is 19.2. The molecule has 30 heavy (non-hydrogen) atoms. The van der Waals surface area contributed by atoms with Crippen LogP contribution in [0.5, 0.6) is 17.2 Å². The van der Waals surface area contributed by atoms with Gasteiger partial charge in [0, 0.05) is 36.8 Å². The fourth-order valence-corrected chi connectivity index (χ4v) is 3.96. The molecule has 0 radical (unpaired) electrons. The number of nitrogens with two attached hydrogens (primary N) is 1. The highest BCUT2D eigenvalue weighted by Crippen LogP contribution is 2.41. The molecular weight excluding hydrogens is 384 g/mol. The number of amides is 1. The number of fused-ring (bicyclic) bond motifs is 1. The van der Waals surface area contributed by atoms with Gasteiger partial charge in [-0.2, -0.15) is 5.10 Å². The van der Waals surface area contributed by atoms with Crippen molar-refractivity contribution in [3.8, 4) is 17.2 Å². The zero-order chi connectivity index (χ0) is 20.7. The van der Waals surface area contributed by atoms with Crippen LogP contribution in [-0.4, -0.2) is 41.0 Å². The van der Waals surface area contributed by atoms with Crippen LogP contribution in [0.4, 0.5) is 0 Å². The van der Waals surface area contributed by atoms with Crippen LogP contribution in [0, 0.1) is 0 Å². The average Bonchev–Trinajstić information content (AvgIpc) is 3.54. The first kappa shape index (κ1) is 18.9. The van der Waals surface area contributed by atoms with Crippen molar-refractivity contribution in [3.05, 3.63) is 41.9 Å². The Morgan fingerprint density at radius 3 is 2.67 bits per heavy atom. The van der Waals surface area contributed by atoms with Gasteiger partial charge < -0.3 is 19.9 Å². The van der Waals surface area contributed by atoms with Gasteiger partial charge in [0.1, 0.15) is 17.2 Å². The van der Waals surface area contributed by atoms with Gasteiger partial charge >= 0.3 is 0 Å². The zero-order valence-electron chi connectivity index (χ0n) is 16.8. The molecule has 0 atom stereocenters. The van der Waals surface area contributed by atoms with Gasteiger partial charge in [-0.05, 0) is 37.8 Å². The van der Waals surface area contributed by atoms with E-state index in [4.69, 9.17) is 25.0 Å². The SMILES string of the molecule is COc1cc2nccc(Oc3cn(C4CC4)nc3C3CCOCC3)c2cc1C(N)=O. The Labute approximate surface area is 173 Å².